The van der Waals surface area contributed by atoms with Crippen LogP contribution in [-0.2, 0) is 17.9 Å². The van der Waals surface area contributed by atoms with Gasteiger partial charge in [0.1, 0.15) is 5.69 Å². The summed E-state index contributed by atoms with van der Waals surface area (Å²) in [6, 6.07) is 9.56. The summed E-state index contributed by atoms with van der Waals surface area (Å²) in [5.74, 6) is -2.01. The maximum Gasteiger partial charge on any atom is 0.490 e. The highest BCUT2D eigenvalue weighted by atomic mass is 19.4. The van der Waals surface area contributed by atoms with E-state index in [9.17, 15) is 13.2 Å². The van der Waals surface area contributed by atoms with Crippen LogP contribution in [0.3, 0.4) is 0 Å². The number of ether oxygens (including phenoxy) is 1. The van der Waals surface area contributed by atoms with Gasteiger partial charge in [0.15, 0.2) is 11.6 Å². The van der Waals surface area contributed by atoms with E-state index in [1.807, 2.05) is 12.1 Å². The topological polar surface area (TPSA) is 143 Å². The van der Waals surface area contributed by atoms with E-state index in [-0.39, 0.29) is 11.8 Å². The average Bonchev–Trinajstić information content (AvgIpc) is 3.24. The van der Waals surface area contributed by atoms with E-state index in [1.54, 1.807) is 0 Å². The Hall–Kier alpha value is -3.32. The summed E-state index contributed by atoms with van der Waals surface area (Å²) < 4.78 is 37.4. The molecule has 1 aliphatic rings. The first-order valence-electron chi connectivity index (χ1n) is 12.1. The largest absolute Gasteiger partial charge is 0.490 e. The van der Waals surface area contributed by atoms with Crippen LogP contribution in [0.15, 0.2) is 24.3 Å². The van der Waals surface area contributed by atoms with Crippen molar-refractivity contribution in [2.45, 2.75) is 64.8 Å². The van der Waals surface area contributed by atoms with Gasteiger partial charge in [0, 0.05) is 19.6 Å². The first kappa shape index (κ1) is 29.9. The van der Waals surface area contributed by atoms with Crippen LogP contribution in [-0.4, -0.2) is 58.4 Å². The van der Waals surface area contributed by atoms with E-state index in [1.165, 1.54) is 30.5 Å². The number of benzene rings is 1. The predicted octanol–water partition coefficient (Wildman–Crippen LogP) is 3.58. The van der Waals surface area contributed by atoms with Crippen molar-refractivity contribution in [3.05, 3.63) is 35.4 Å². The van der Waals surface area contributed by atoms with Crippen molar-refractivity contribution in [2.75, 3.05) is 36.7 Å². The number of anilines is 3. The summed E-state index contributed by atoms with van der Waals surface area (Å²) in [6.45, 7) is 7.71. The number of aliphatic carboxylic acids is 1. The molecule has 0 amide bonds. The smallest absolute Gasteiger partial charge is 0.475 e. The van der Waals surface area contributed by atoms with Crippen molar-refractivity contribution in [1.82, 2.24) is 20.3 Å². The van der Waals surface area contributed by atoms with E-state index in [0.717, 1.165) is 19.4 Å². The van der Waals surface area contributed by atoms with Gasteiger partial charge in [0.25, 0.3) is 0 Å². The second kappa shape index (κ2) is 13.8. The third kappa shape index (κ3) is 9.25. The lowest BCUT2D eigenvalue weighted by Crippen LogP contribution is -2.36. The molecule has 37 heavy (non-hydrogen) atoms. The number of carbonyl (C=O) groups is 1. The van der Waals surface area contributed by atoms with Gasteiger partial charge in [0.2, 0.25) is 0 Å². The molecule has 1 aromatic heterocycles. The second-order valence-corrected chi connectivity index (χ2v) is 8.73. The Morgan fingerprint density at radius 3 is 2.54 bits per heavy atom. The van der Waals surface area contributed by atoms with Gasteiger partial charge in [-0.3, -0.25) is 9.91 Å². The summed E-state index contributed by atoms with van der Waals surface area (Å²) in [7, 11) is 1.84. The maximum absolute atomic E-state index is 10.6. The molecule has 0 spiro atoms. The third-order valence-electron chi connectivity index (χ3n) is 5.84. The molecule has 0 saturated carbocycles. The van der Waals surface area contributed by atoms with Crippen LogP contribution in [0.2, 0.25) is 0 Å². The van der Waals surface area contributed by atoms with Gasteiger partial charge in [-0.1, -0.05) is 37.6 Å². The number of carboxylic acid groups (broad SMARTS) is 1. The van der Waals surface area contributed by atoms with Gasteiger partial charge < -0.3 is 21.3 Å². The van der Waals surface area contributed by atoms with Crippen molar-refractivity contribution in [1.29, 1.82) is 0 Å². The van der Waals surface area contributed by atoms with Crippen molar-refractivity contribution in [2.24, 2.45) is 0 Å². The lowest BCUT2D eigenvalue weighted by Gasteiger charge is -2.25. The summed E-state index contributed by atoms with van der Waals surface area (Å²) in [5.41, 5.74) is 18.2. The highest BCUT2D eigenvalue weighted by molar-refractivity contribution is 5.74. The highest BCUT2D eigenvalue weighted by Gasteiger charge is 2.38. The maximum atomic E-state index is 10.6. The molecule has 206 valence electrons. The zero-order chi connectivity index (χ0) is 27.6. The van der Waals surface area contributed by atoms with Crippen LogP contribution in [0.25, 0.3) is 0 Å². The minimum absolute atomic E-state index is 0.225. The molecule has 0 bridgehead atoms. The van der Waals surface area contributed by atoms with Gasteiger partial charge in [-0.15, -0.1) is 0 Å². The molecule has 1 unspecified atom stereocenters. The lowest BCUT2D eigenvalue weighted by atomic mass is 10.1. The quantitative estimate of drug-likeness (QED) is 0.267. The monoisotopic (exact) mass is 527 g/mol. The highest BCUT2D eigenvalue weighted by Crippen LogP contribution is 2.28. The van der Waals surface area contributed by atoms with Gasteiger partial charge >= 0.3 is 18.2 Å². The number of unbranched alkanes of at least 4 members (excludes halogenated alkanes) is 1. The molecule has 0 aliphatic carbocycles. The molecule has 10 nitrogen and oxygen atoms in total. The lowest BCUT2D eigenvalue weighted by molar-refractivity contribution is -0.192. The summed E-state index contributed by atoms with van der Waals surface area (Å²) in [5, 5.41) is 9.00. The van der Waals surface area contributed by atoms with Crippen molar-refractivity contribution in [3.63, 3.8) is 0 Å². The fraction of sp³-hybridized carbons (Fsp3) is 0.542. The number of nitrogen functional groups attached to an aromatic ring is 2. The first-order chi connectivity index (χ1) is 17.5. The number of alkyl halides is 3. The summed E-state index contributed by atoms with van der Waals surface area (Å²) in [6.07, 6.45) is -0.552. The van der Waals surface area contributed by atoms with E-state index in [4.69, 9.17) is 26.1 Å². The fourth-order valence-corrected chi connectivity index (χ4v) is 3.76. The Kier molecular flexibility index (Phi) is 11.2. The van der Waals surface area contributed by atoms with Gasteiger partial charge in [-0.05, 0) is 43.9 Å². The number of halogens is 3. The summed E-state index contributed by atoms with van der Waals surface area (Å²) >= 11 is 0. The average molecular weight is 528 g/mol. The standard InChI is InChI=1S/C22H35N7O.C2HF3O2/c1-4-5-12-30-22-26-20(24)19(23)21(27-22)29(25-3)15-18-10-6-9-17(13-18)14-28-11-7-8-16(28)2;3-2(4,5)1(6)7/h6,9-10,13,16,25H,4-5,7-8,11-12,14-15,23H2,1-3H3,(H2,24,26,27);(H,6,7). The minimum atomic E-state index is -5.08. The molecule has 2 heterocycles. The zero-order valence-electron chi connectivity index (χ0n) is 21.4. The van der Waals surface area contributed by atoms with Crippen LogP contribution in [0.5, 0.6) is 6.01 Å². The molecular weight excluding hydrogens is 491 g/mol. The Balaban J connectivity index is 0.000000604. The van der Waals surface area contributed by atoms with E-state index < -0.39 is 12.1 Å². The van der Waals surface area contributed by atoms with Crippen molar-refractivity contribution < 1.29 is 27.8 Å². The number of nitrogens with zero attached hydrogens (tertiary/aromatic N) is 4. The molecule has 6 N–H and O–H groups in total. The number of hydrogen-bond acceptors (Lipinski definition) is 9. The van der Waals surface area contributed by atoms with Gasteiger partial charge in [-0.2, -0.15) is 23.1 Å². The second-order valence-electron chi connectivity index (χ2n) is 8.73. The third-order valence-corrected chi connectivity index (χ3v) is 5.84. The molecule has 3 rings (SSSR count). The zero-order valence-corrected chi connectivity index (χ0v) is 21.4. The number of likely N-dealkylation sites (tertiary alicyclic amines) is 1. The molecule has 1 atom stereocenters. The molecule has 1 fully saturated rings. The van der Waals surface area contributed by atoms with Crippen molar-refractivity contribution >= 4 is 23.3 Å². The molecule has 0 radical (unpaired) electrons. The Morgan fingerprint density at radius 2 is 1.97 bits per heavy atom. The first-order valence-corrected chi connectivity index (χ1v) is 12.1. The number of hydrogen-bond donors (Lipinski definition) is 4. The van der Waals surface area contributed by atoms with Crippen LogP contribution >= 0.6 is 0 Å². The van der Waals surface area contributed by atoms with Gasteiger partial charge in [-0.25, -0.2) is 10.2 Å². The SMILES string of the molecule is CCCCOc1nc(N)c(N)c(N(Cc2cccc(CN3CCCC3C)c2)NC)n1.O=C(O)C(F)(F)F. The Bertz CT molecular complexity index is 1020. The number of nitrogens with one attached hydrogen (secondary N) is 1. The van der Waals surface area contributed by atoms with E-state index in [2.05, 4.69) is 58.4 Å². The number of hydrazine groups is 1. The molecule has 1 aromatic carbocycles. The Labute approximate surface area is 214 Å². The number of aromatic nitrogens is 2. The molecule has 2 aromatic rings. The molecular formula is C24H36F3N7O3. The number of rotatable bonds is 10. The summed E-state index contributed by atoms with van der Waals surface area (Å²) in [4.78, 5) is 20.1. The van der Waals surface area contributed by atoms with Crippen molar-refractivity contribution in [3.8, 4) is 6.01 Å². The predicted molar refractivity (Wildman–Crippen MR) is 136 cm³/mol. The van der Waals surface area contributed by atoms with Crippen LogP contribution in [0.1, 0.15) is 50.7 Å². The van der Waals surface area contributed by atoms with E-state index >= 15 is 0 Å². The molecule has 1 saturated heterocycles. The molecule has 13 heteroatoms. The van der Waals surface area contributed by atoms with Crippen LogP contribution in [0, 0.1) is 0 Å². The van der Waals surface area contributed by atoms with E-state index in [0.29, 0.717) is 30.7 Å². The number of nitrogens with two attached hydrogens (primary N) is 2. The van der Waals surface area contributed by atoms with Crippen LogP contribution in [0.4, 0.5) is 30.5 Å². The van der Waals surface area contributed by atoms with Crippen LogP contribution < -0.4 is 26.6 Å². The fourth-order valence-electron chi connectivity index (χ4n) is 3.76. The Morgan fingerprint density at radius 1 is 1.30 bits per heavy atom. The normalized spacial score (nSPS) is 15.7. The van der Waals surface area contributed by atoms with Gasteiger partial charge in [0.05, 0.1) is 13.2 Å². The number of carboxylic acids is 1. The minimum Gasteiger partial charge on any atom is -0.475 e. The molecule has 1 aliphatic heterocycles.